The van der Waals surface area contributed by atoms with Crippen LogP contribution >= 0.6 is 0 Å². The summed E-state index contributed by atoms with van der Waals surface area (Å²) in [6.07, 6.45) is 1.80. The molecule has 1 N–H and O–H groups in total. The highest BCUT2D eigenvalue weighted by Crippen LogP contribution is 2.35. The first-order valence-electron chi connectivity index (χ1n) is 12.1. The minimum atomic E-state index is -0.290. The van der Waals surface area contributed by atoms with Crippen molar-refractivity contribution in [2.45, 2.75) is 20.4 Å². The summed E-state index contributed by atoms with van der Waals surface area (Å²) in [4.78, 5) is 22.4. The third-order valence-corrected chi connectivity index (χ3v) is 6.35. The standard InChI is InChI=1S/C28H29N3O5/c1-3-34-23-8-4-5-9-24(23)36-27-19(2)35-28-20(26(27)33)11-12-22(32)21(28)18-30-14-16-31(17-15-30)25-10-6-7-13-29-25/h4-13,32H,3,14-18H2,1-2H3. The minimum absolute atomic E-state index is 0.104. The van der Waals surface area contributed by atoms with Gasteiger partial charge in [-0.25, -0.2) is 4.98 Å². The zero-order valence-corrected chi connectivity index (χ0v) is 20.4. The number of aromatic nitrogens is 1. The molecule has 0 saturated carbocycles. The largest absolute Gasteiger partial charge is 0.507 e. The van der Waals surface area contributed by atoms with E-state index in [1.807, 2.05) is 37.3 Å². The molecule has 0 bridgehead atoms. The maximum atomic E-state index is 13.4. The van der Waals surface area contributed by atoms with Gasteiger partial charge in [0.1, 0.15) is 22.9 Å². The van der Waals surface area contributed by atoms with Gasteiger partial charge >= 0.3 is 0 Å². The Kier molecular flexibility index (Phi) is 6.77. The number of piperazine rings is 1. The van der Waals surface area contributed by atoms with Crippen LogP contribution in [0.25, 0.3) is 11.0 Å². The highest BCUT2D eigenvalue weighted by molar-refractivity contribution is 5.83. The molecule has 1 saturated heterocycles. The molecule has 0 radical (unpaired) electrons. The molecule has 36 heavy (non-hydrogen) atoms. The summed E-state index contributed by atoms with van der Waals surface area (Å²) in [7, 11) is 0. The maximum absolute atomic E-state index is 13.4. The van der Waals surface area contributed by atoms with E-state index in [4.69, 9.17) is 13.9 Å². The monoisotopic (exact) mass is 487 g/mol. The van der Waals surface area contributed by atoms with Gasteiger partial charge in [-0.2, -0.15) is 0 Å². The van der Waals surface area contributed by atoms with Crippen LogP contribution in [0.1, 0.15) is 18.2 Å². The fourth-order valence-corrected chi connectivity index (χ4v) is 4.48. The average molecular weight is 488 g/mol. The molecule has 0 unspecified atom stereocenters. The molecule has 5 rings (SSSR count). The fourth-order valence-electron chi connectivity index (χ4n) is 4.48. The highest BCUT2D eigenvalue weighted by atomic mass is 16.5. The van der Waals surface area contributed by atoms with Crippen molar-refractivity contribution in [3.05, 3.63) is 82.3 Å². The van der Waals surface area contributed by atoms with Crippen molar-refractivity contribution in [1.82, 2.24) is 9.88 Å². The molecule has 2 aromatic heterocycles. The fraction of sp³-hybridized carbons (Fsp3) is 0.286. The van der Waals surface area contributed by atoms with Crippen molar-refractivity contribution < 1.29 is 19.0 Å². The van der Waals surface area contributed by atoms with Crippen molar-refractivity contribution in [2.24, 2.45) is 0 Å². The van der Waals surface area contributed by atoms with Gasteiger partial charge in [-0.15, -0.1) is 0 Å². The summed E-state index contributed by atoms with van der Waals surface area (Å²) in [6, 6.07) is 16.2. The lowest BCUT2D eigenvalue weighted by Gasteiger charge is -2.35. The number of benzene rings is 2. The highest BCUT2D eigenvalue weighted by Gasteiger charge is 2.23. The van der Waals surface area contributed by atoms with E-state index in [1.165, 1.54) is 0 Å². The summed E-state index contributed by atoms with van der Waals surface area (Å²) in [6.45, 7) is 7.76. The Morgan fingerprint density at radius 3 is 2.47 bits per heavy atom. The number of para-hydroxylation sites is 2. The van der Waals surface area contributed by atoms with E-state index in [1.54, 1.807) is 37.4 Å². The molecule has 1 aliphatic rings. The van der Waals surface area contributed by atoms with Crippen LogP contribution in [0.15, 0.2) is 70.0 Å². The molecule has 4 aromatic rings. The van der Waals surface area contributed by atoms with Gasteiger partial charge in [-0.3, -0.25) is 9.69 Å². The van der Waals surface area contributed by atoms with Crippen molar-refractivity contribution in [2.75, 3.05) is 37.7 Å². The van der Waals surface area contributed by atoms with Crippen molar-refractivity contribution in [3.8, 4) is 23.0 Å². The Labute approximate surface area is 209 Å². The van der Waals surface area contributed by atoms with E-state index in [0.717, 1.165) is 32.0 Å². The molecule has 0 spiro atoms. The number of aryl methyl sites for hydroxylation is 1. The second-order valence-electron chi connectivity index (χ2n) is 8.69. The van der Waals surface area contributed by atoms with Crippen LogP contribution in [0.3, 0.4) is 0 Å². The summed E-state index contributed by atoms with van der Waals surface area (Å²) in [5, 5.41) is 11.1. The van der Waals surface area contributed by atoms with E-state index in [-0.39, 0.29) is 16.9 Å². The lowest BCUT2D eigenvalue weighted by molar-refractivity contribution is 0.246. The molecule has 186 valence electrons. The smallest absolute Gasteiger partial charge is 0.235 e. The number of fused-ring (bicyclic) bond motifs is 1. The molecule has 1 fully saturated rings. The van der Waals surface area contributed by atoms with Gasteiger partial charge in [0.05, 0.1) is 17.6 Å². The number of anilines is 1. The number of rotatable bonds is 7. The molecule has 3 heterocycles. The van der Waals surface area contributed by atoms with Gasteiger partial charge in [0.2, 0.25) is 11.2 Å². The maximum Gasteiger partial charge on any atom is 0.235 e. The molecular formula is C28H29N3O5. The van der Waals surface area contributed by atoms with Crippen LogP contribution in [0.5, 0.6) is 23.0 Å². The number of ether oxygens (including phenoxy) is 2. The van der Waals surface area contributed by atoms with Crippen molar-refractivity contribution in [1.29, 1.82) is 0 Å². The summed E-state index contributed by atoms with van der Waals surface area (Å²) in [5.41, 5.74) is 0.691. The van der Waals surface area contributed by atoms with Crippen molar-refractivity contribution in [3.63, 3.8) is 0 Å². The predicted octanol–water partition coefficient (Wildman–Crippen LogP) is 4.72. The molecule has 8 nitrogen and oxygen atoms in total. The molecule has 0 aliphatic carbocycles. The van der Waals surface area contributed by atoms with Crippen LogP contribution < -0.4 is 19.8 Å². The first-order chi connectivity index (χ1) is 17.5. The van der Waals surface area contributed by atoms with Gasteiger partial charge in [-0.05, 0) is 50.2 Å². The lowest BCUT2D eigenvalue weighted by Crippen LogP contribution is -2.46. The van der Waals surface area contributed by atoms with E-state index < -0.39 is 0 Å². The first-order valence-corrected chi connectivity index (χ1v) is 12.1. The SMILES string of the molecule is CCOc1ccccc1Oc1c(C)oc2c(CN3CCN(c4ccccn4)CC3)c(O)ccc2c1=O. The second-order valence-corrected chi connectivity index (χ2v) is 8.69. The van der Waals surface area contributed by atoms with Gasteiger partial charge < -0.3 is 23.9 Å². The summed E-state index contributed by atoms with van der Waals surface area (Å²) in [5.74, 6) is 2.51. The molecule has 0 amide bonds. The Morgan fingerprint density at radius 1 is 1.00 bits per heavy atom. The normalized spacial score (nSPS) is 14.2. The van der Waals surface area contributed by atoms with Crippen LogP contribution in [0.2, 0.25) is 0 Å². The Morgan fingerprint density at radius 2 is 1.75 bits per heavy atom. The minimum Gasteiger partial charge on any atom is -0.507 e. The third kappa shape index (κ3) is 4.72. The number of hydrogen-bond acceptors (Lipinski definition) is 8. The summed E-state index contributed by atoms with van der Waals surface area (Å²) < 4.78 is 17.7. The van der Waals surface area contributed by atoms with E-state index >= 15 is 0 Å². The van der Waals surface area contributed by atoms with Crippen molar-refractivity contribution >= 4 is 16.8 Å². The van der Waals surface area contributed by atoms with Gasteiger partial charge in [0.15, 0.2) is 11.5 Å². The van der Waals surface area contributed by atoms with Crippen LogP contribution in [0.4, 0.5) is 5.82 Å². The van der Waals surface area contributed by atoms with E-state index in [2.05, 4.69) is 14.8 Å². The van der Waals surface area contributed by atoms with Crippen LogP contribution in [-0.4, -0.2) is 47.8 Å². The van der Waals surface area contributed by atoms with Gasteiger partial charge in [-0.1, -0.05) is 18.2 Å². The van der Waals surface area contributed by atoms with E-state index in [9.17, 15) is 9.90 Å². The number of phenols is 1. The first kappa shape index (κ1) is 23.7. The topological polar surface area (TPSA) is 88.3 Å². The van der Waals surface area contributed by atoms with Gasteiger partial charge in [0.25, 0.3) is 0 Å². The van der Waals surface area contributed by atoms with Crippen LogP contribution in [-0.2, 0) is 6.54 Å². The number of nitrogens with zero attached hydrogens (tertiary/aromatic N) is 3. The Balaban J connectivity index is 1.41. The molecular weight excluding hydrogens is 458 g/mol. The zero-order valence-electron chi connectivity index (χ0n) is 20.4. The number of aromatic hydroxyl groups is 1. The van der Waals surface area contributed by atoms with Gasteiger partial charge in [0, 0.05) is 38.9 Å². The van der Waals surface area contributed by atoms with Crippen LogP contribution in [0, 0.1) is 6.92 Å². The quantitative estimate of drug-likeness (QED) is 0.401. The van der Waals surface area contributed by atoms with E-state index in [0.29, 0.717) is 46.9 Å². The number of hydrogen-bond donors (Lipinski definition) is 1. The number of pyridine rings is 1. The summed E-state index contributed by atoms with van der Waals surface area (Å²) >= 11 is 0. The second kappa shape index (κ2) is 10.3. The Bertz CT molecular complexity index is 1410. The molecule has 8 heteroatoms. The lowest BCUT2D eigenvalue weighted by atomic mass is 10.1. The Hall–Kier alpha value is -4.04. The predicted molar refractivity (Wildman–Crippen MR) is 138 cm³/mol. The molecule has 2 aromatic carbocycles. The molecule has 0 atom stereocenters. The zero-order chi connectivity index (χ0) is 25.1. The average Bonchev–Trinajstić information content (AvgIpc) is 2.90. The number of phenolic OH excluding ortho intramolecular Hbond substituents is 1. The molecule has 1 aliphatic heterocycles. The third-order valence-electron chi connectivity index (χ3n) is 6.35.